The fourth-order valence-corrected chi connectivity index (χ4v) is 2.27. The van der Waals surface area contributed by atoms with Crippen molar-refractivity contribution in [3.8, 4) is 0 Å². The van der Waals surface area contributed by atoms with Gasteiger partial charge in [-0.1, -0.05) is 42.5 Å². The third-order valence-electron chi connectivity index (χ3n) is 3.62. The van der Waals surface area contributed by atoms with Gasteiger partial charge in [0.15, 0.2) is 0 Å². The summed E-state index contributed by atoms with van der Waals surface area (Å²) in [5.41, 5.74) is 1.18. The van der Waals surface area contributed by atoms with E-state index in [1.165, 1.54) is 24.3 Å². The molecule has 0 bridgehead atoms. The summed E-state index contributed by atoms with van der Waals surface area (Å²) in [4.78, 5) is 33.8. The van der Waals surface area contributed by atoms with E-state index in [0.717, 1.165) is 5.56 Å². The number of benzene rings is 2. The predicted octanol–water partition coefficient (Wildman–Crippen LogP) is 3.41. The topological polar surface area (TPSA) is 113 Å². The SMILES string of the molecule is O=C(NCCC=Cc1cc(C(=O)O)ccc1C(=O)O)OCc1ccccc1. The molecule has 0 heterocycles. The van der Waals surface area contributed by atoms with Gasteiger partial charge in [0.2, 0.25) is 0 Å². The Kier molecular flexibility index (Phi) is 7.13. The van der Waals surface area contributed by atoms with Gasteiger partial charge in [-0.25, -0.2) is 14.4 Å². The molecule has 27 heavy (non-hydrogen) atoms. The summed E-state index contributed by atoms with van der Waals surface area (Å²) in [6.07, 6.45) is 3.06. The van der Waals surface area contributed by atoms with Crippen molar-refractivity contribution >= 4 is 24.1 Å². The highest BCUT2D eigenvalue weighted by atomic mass is 16.5. The quantitative estimate of drug-likeness (QED) is 0.615. The molecule has 0 aliphatic rings. The molecule has 140 valence electrons. The first kappa shape index (κ1) is 19.7. The third kappa shape index (κ3) is 6.32. The average molecular weight is 369 g/mol. The molecular formula is C20H19NO6. The monoisotopic (exact) mass is 369 g/mol. The molecule has 2 rings (SSSR count). The van der Waals surface area contributed by atoms with Gasteiger partial charge in [-0.3, -0.25) is 0 Å². The number of hydrogen-bond acceptors (Lipinski definition) is 4. The summed E-state index contributed by atoms with van der Waals surface area (Å²) in [7, 11) is 0. The van der Waals surface area contributed by atoms with Crippen molar-refractivity contribution < 1.29 is 29.3 Å². The lowest BCUT2D eigenvalue weighted by molar-refractivity contribution is 0.0681. The minimum Gasteiger partial charge on any atom is -0.478 e. The third-order valence-corrected chi connectivity index (χ3v) is 3.62. The van der Waals surface area contributed by atoms with E-state index in [4.69, 9.17) is 14.9 Å². The van der Waals surface area contributed by atoms with Crippen molar-refractivity contribution in [3.63, 3.8) is 0 Å². The van der Waals surface area contributed by atoms with Crippen LogP contribution in [0.5, 0.6) is 0 Å². The number of carbonyl (C=O) groups excluding carboxylic acids is 1. The molecule has 0 atom stereocenters. The number of amides is 1. The molecule has 0 saturated carbocycles. The van der Waals surface area contributed by atoms with Crippen LogP contribution in [0.2, 0.25) is 0 Å². The first-order valence-electron chi connectivity index (χ1n) is 8.19. The second-order valence-corrected chi connectivity index (χ2v) is 5.59. The Bertz CT molecular complexity index is 845. The standard InChI is InChI=1S/C20H19NO6/c22-18(23)16-9-10-17(19(24)25)15(12-16)8-4-5-11-21-20(26)27-13-14-6-2-1-3-7-14/h1-4,6-10,12H,5,11,13H2,(H,21,26)(H,22,23)(H,24,25). The van der Waals surface area contributed by atoms with Crippen LogP contribution in [0.25, 0.3) is 6.08 Å². The number of ether oxygens (including phenoxy) is 1. The highest BCUT2D eigenvalue weighted by Gasteiger charge is 2.11. The number of hydrogen-bond donors (Lipinski definition) is 3. The smallest absolute Gasteiger partial charge is 0.407 e. The zero-order chi connectivity index (χ0) is 19.6. The van der Waals surface area contributed by atoms with Gasteiger partial charge in [-0.2, -0.15) is 0 Å². The van der Waals surface area contributed by atoms with E-state index in [2.05, 4.69) is 5.32 Å². The highest BCUT2D eigenvalue weighted by molar-refractivity contribution is 5.95. The molecule has 2 aromatic rings. The summed E-state index contributed by atoms with van der Waals surface area (Å²) in [6.45, 7) is 0.470. The van der Waals surface area contributed by atoms with E-state index in [1.54, 1.807) is 6.08 Å². The minimum absolute atomic E-state index is 0.00210. The Labute approximate surface area is 155 Å². The van der Waals surface area contributed by atoms with E-state index >= 15 is 0 Å². The lowest BCUT2D eigenvalue weighted by atomic mass is 10.0. The summed E-state index contributed by atoms with van der Waals surface area (Å²) in [5.74, 6) is -2.28. The number of rotatable bonds is 8. The average Bonchev–Trinajstić information content (AvgIpc) is 2.66. The van der Waals surface area contributed by atoms with Crippen LogP contribution < -0.4 is 5.32 Å². The zero-order valence-corrected chi connectivity index (χ0v) is 14.4. The Balaban J connectivity index is 1.83. The maximum atomic E-state index is 11.6. The summed E-state index contributed by atoms with van der Waals surface area (Å²) >= 11 is 0. The fraction of sp³-hybridized carbons (Fsp3) is 0.150. The van der Waals surface area contributed by atoms with Crippen molar-refractivity contribution in [2.75, 3.05) is 6.54 Å². The van der Waals surface area contributed by atoms with E-state index in [9.17, 15) is 14.4 Å². The van der Waals surface area contributed by atoms with Crippen molar-refractivity contribution in [1.29, 1.82) is 0 Å². The van der Waals surface area contributed by atoms with Crippen molar-refractivity contribution in [3.05, 3.63) is 76.9 Å². The summed E-state index contributed by atoms with van der Waals surface area (Å²) in [6, 6.07) is 13.1. The number of nitrogens with one attached hydrogen (secondary N) is 1. The maximum Gasteiger partial charge on any atom is 0.407 e. The van der Waals surface area contributed by atoms with Crippen molar-refractivity contribution in [2.45, 2.75) is 13.0 Å². The fourth-order valence-electron chi connectivity index (χ4n) is 2.27. The molecule has 0 unspecified atom stereocenters. The van der Waals surface area contributed by atoms with Crippen LogP contribution in [0.4, 0.5) is 4.79 Å². The Morgan fingerprint density at radius 1 is 1.00 bits per heavy atom. The van der Waals surface area contributed by atoms with Crippen LogP contribution in [0, 0.1) is 0 Å². The lowest BCUT2D eigenvalue weighted by Crippen LogP contribution is -2.24. The Morgan fingerprint density at radius 2 is 1.74 bits per heavy atom. The van der Waals surface area contributed by atoms with Crippen molar-refractivity contribution in [2.24, 2.45) is 0 Å². The van der Waals surface area contributed by atoms with E-state index < -0.39 is 18.0 Å². The molecule has 0 fully saturated rings. The normalized spacial score (nSPS) is 10.5. The Hall–Kier alpha value is -3.61. The van der Waals surface area contributed by atoms with Crippen LogP contribution in [0.15, 0.2) is 54.6 Å². The molecule has 2 aromatic carbocycles. The van der Waals surface area contributed by atoms with Crippen molar-refractivity contribution in [1.82, 2.24) is 5.32 Å². The summed E-state index contributed by atoms with van der Waals surface area (Å²) in [5, 5.41) is 20.8. The van der Waals surface area contributed by atoms with Crippen LogP contribution >= 0.6 is 0 Å². The van der Waals surface area contributed by atoms with E-state index in [0.29, 0.717) is 13.0 Å². The molecule has 7 nitrogen and oxygen atoms in total. The van der Waals surface area contributed by atoms with Crippen LogP contribution in [0.3, 0.4) is 0 Å². The largest absolute Gasteiger partial charge is 0.478 e. The molecule has 0 aliphatic heterocycles. The molecule has 1 amide bonds. The van der Waals surface area contributed by atoms with Gasteiger partial charge in [-0.05, 0) is 35.7 Å². The van der Waals surface area contributed by atoms with Gasteiger partial charge < -0.3 is 20.3 Å². The van der Waals surface area contributed by atoms with Crippen LogP contribution in [-0.4, -0.2) is 34.8 Å². The first-order valence-corrected chi connectivity index (χ1v) is 8.19. The second-order valence-electron chi connectivity index (χ2n) is 5.59. The molecule has 3 N–H and O–H groups in total. The first-order chi connectivity index (χ1) is 13.0. The predicted molar refractivity (Wildman–Crippen MR) is 98.6 cm³/mol. The molecular weight excluding hydrogens is 350 g/mol. The van der Waals surface area contributed by atoms with Gasteiger partial charge in [0.05, 0.1) is 11.1 Å². The molecule has 0 aromatic heterocycles. The molecule has 0 spiro atoms. The van der Waals surface area contributed by atoms with Gasteiger partial charge >= 0.3 is 18.0 Å². The van der Waals surface area contributed by atoms with Crippen LogP contribution in [-0.2, 0) is 11.3 Å². The minimum atomic E-state index is -1.14. The number of aromatic carboxylic acids is 2. The van der Waals surface area contributed by atoms with Gasteiger partial charge in [-0.15, -0.1) is 0 Å². The van der Waals surface area contributed by atoms with Gasteiger partial charge in [0, 0.05) is 6.54 Å². The number of carbonyl (C=O) groups is 3. The lowest BCUT2D eigenvalue weighted by Gasteiger charge is -2.06. The van der Waals surface area contributed by atoms with E-state index in [-0.39, 0.29) is 23.3 Å². The summed E-state index contributed by atoms with van der Waals surface area (Å²) < 4.78 is 5.07. The molecule has 0 saturated heterocycles. The molecule has 0 radical (unpaired) electrons. The van der Waals surface area contributed by atoms with Crippen LogP contribution in [0.1, 0.15) is 38.3 Å². The van der Waals surface area contributed by atoms with Gasteiger partial charge in [0.1, 0.15) is 6.61 Å². The zero-order valence-electron chi connectivity index (χ0n) is 14.4. The maximum absolute atomic E-state index is 11.6. The van der Waals surface area contributed by atoms with E-state index in [1.807, 2.05) is 30.3 Å². The molecule has 7 heteroatoms. The number of carboxylic acids is 2. The number of alkyl carbamates (subject to hydrolysis) is 1. The Morgan fingerprint density at radius 3 is 2.41 bits per heavy atom. The number of carboxylic acid groups (broad SMARTS) is 2. The molecule has 0 aliphatic carbocycles. The second kappa shape index (κ2) is 9.76. The highest BCUT2D eigenvalue weighted by Crippen LogP contribution is 2.15. The van der Waals surface area contributed by atoms with Gasteiger partial charge in [0.25, 0.3) is 0 Å².